The van der Waals surface area contributed by atoms with Crippen molar-refractivity contribution in [2.75, 3.05) is 38.8 Å². The molecular formula is C23H26FN3O3. The molecule has 0 aliphatic carbocycles. The topological polar surface area (TPSA) is 65.8 Å². The number of benzene rings is 2. The summed E-state index contributed by atoms with van der Waals surface area (Å²) in [6.45, 7) is 1.03. The fourth-order valence-electron chi connectivity index (χ4n) is 3.94. The molecule has 0 saturated carbocycles. The highest BCUT2D eigenvalue weighted by Crippen LogP contribution is 2.39. The maximum absolute atomic E-state index is 14.3. The molecule has 7 heteroatoms. The molecule has 1 aliphatic rings. The number of nitrogens with zero attached hydrogens (tertiary/aromatic N) is 3. The Morgan fingerprint density at radius 3 is 2.77 bits per heavy atom. The maximum Gasteiger partial charge on any atom is 0.241 e. The van der Waals surface area contributed by atoms with E-state index in [2.05, 4.69) is 4.90 Å². The lowest BCUT2D eigenvalue weighted by Gasteiger charge is -2.29. The van der Waals surface area contributed by atoms with E-state index in [4.69, 9.17) is 14.7 Å². The molecule has 30 heavy (non-hydrogen) atoms. The largest absolute Gasteiger partial charge is 0.497 e. The van der Waals surface area contributed by atoms with Crippen LogP contribution in [-0.2, 0) is 4.79 Å². The molecule has 1 fully saturated rings. The molecule has 0 aromatic heterocycles. The minimum Gasteiger partial charge on any atom is -0.497 e. The van der Waals surface area contributed by atoms with Crippen LogP contribution in [0, 0.1) is 17.1 Å². The number of anilines is 1. The summed E-state index contributed by atoms with van der Waals surface area (Å²) in [7, 11) is 3.24. The molecule has 1 heterocycles. The van der Waals surface area contributed by atoms with Gasteiger partial charge in [-0.2, -0.15) is 5.26 Å². The third kappa shape index (κ3) is 4.71. The van der Waals surface area contributed by atoms with Crippen LogP contribution in [0.4, 0.5) is 10.1 Å². The number of carbonyl (C=O) groups is 1. The van der Waals surface area contributed by atoms with E-state index in [1.165, 1.54) is 11.0 Å². The highest BCUT2D eigenvalue weighted by Gasteiger charge is 2.32. The van der Waals surface area contributed by atoms with Gasteiger partial charge in [-0.25, -0.2) is 4.39 Å². The van der Waals surface area contributed by atoms with Gasteiger partial charge in [-0.05, 0) is 49.7 Å². The highest BCUT2D eigenvalue weighted by molar-refractivity contribution is 5.95. The zero-order valence-electron chi connectivity index (χ0n) is 17.3. The summed E-state index contributed by atoms with van der Waals surface area (Å²) >= 11 is 0. The molecule has 0 bridgehead atoms. The van der Waals surface area contributed by atoms with Gasteiger partial charge >= 0.3 is 0 Å². The molecule has 0 N–H and O–H groups in total. The molecule has 6 nitrogen and oxygen atoms in total. The van der Waals surface area contributed by atoms with Crippen molar-refractivity contribution in [3.8, 4) is 17.6 Å². The smallest absolute Gasteiger partial charge is 0.241 e. The van der Waals surface area contributed by atoms with Crippen LogP contribution >= 0.6 is 0 Å². The number of para-hydroxylation sites is 1. The Labute approximate surface area is 176 Å². The maximum atomic E-state index is 14.3. The SMILES string of the molecule is COc1ccc(OC)c(C2CCCN2CC(=O)N(CCC#N)c2ccccc2F)c1. The van der Waals surface area contributed by atoms with Crippen LogP contribution in [-0.4, -0.2) is 44.7 Å². The van der Waals surface area contributed by atoms with Gasteiger partial charge in [0.2, 0.25) is 5.91 Å². The van der Waals surface area contributed by atoms with Gasteiger partial charge in [0.1, 0.15) is 17.3 Å². The van der Waals surface area contributed by atoms with Crippen LogP contribution < -0.4 is 14.4 Å². The second-order valence-electron chi connectivity index (χ2n) is 7.14. The predicted molar refractivity (Wildman–Crippen MR) is 112 cm³/mol. The van der Waals surface area contributed by atoms with Gasteiger partial charge in [-0.1, -0.05) is 12.1 Å². The number of hydrogen-bond donors (Lipinski definition) is 0. The Bertz CT molecular complexity index is 928. The van der Waals surface area contributed by atoms with Gasteiger partial charge in [0.15, 0.2) is 0 Å². The summed E-state index contributed by atoms with van der Waals surface area (Å²) in [5.41, 5.74) is 1.17. The van der Waals surface area contributed by atoms with Gasteiger partial charge < -0.3 is 14.4 Å². The zero-order chi connectivity index (χ0) is 21.5. The van der Waals surface area contributed by atoms with Gasteiger partial charge in [0.05, 0.1) is 38.9 Å². The van der Waals surface area contributed by atoms with Crippen LogP contribution in [0.1, 0.15) is 30.9 Å². The van der Waals surface area contributed by atoms with E-state index in [0.717, 1.165) is 36.4 Å². The standard InChI is InChI=1S/C23H26FN3O3/c1-29-17-10-11-22(30-2)18(15-17)20-9-5-13-26(20)16-23(28)27(14-6-12-25)21-8-4-3-7-19(21)24/h3-4,7-8,10-11,15,20H,5-6,9,13-14,16H2,1-2H3. The van der Waals surface area contributed by atoms with E-state index in [1.54, 1.807) is 32.4 Å². The van der Waals surface area contributed by atoms with Gasteiger partial charge in [-0.15, -0.1) is 0 Å². The van der Waals surface area contributed by atoms with Gasteiger partial charge in [0.25, 0.3) is 0 Å². The van der Waals surface area contributed by atoms with E-state index >= 15 is 0 Å². The molecule has 0 radical (unpaired) electrons. The Morgan fingerprint density at radius 1 is 1.27 bits per heavy atom. The molecule has 1 aliphatic heterocycles. The van der Waals surface area contributed by atoms with Crippen LogP contribution in [0.5, 0.6) is 11.5 Å². The molecular weight excluding hydrogens is 385 g/mol. The molecule has 1 amide bonds. The average molecular weight is 411 g/mol. The number of hydrogen-bond acceptors (Lipinski definition) is 5. The zero-order valence-corrected chi connectivity index (χ0v) is 17.3. The molecule has 0 spiro atoms. The number of likely N-dealkylation sites (tertiary alicyclic amines) is 1. The summed E-state index contributed by atoms with van der Waals surface area (Å²) < 4.78 is 25.2. The van der Waals surface area contributed by atoms with Crippen molar-refractivity contribution in [1.82, 2.24) is 4.90 Å². The first-order valence-corrected chi connectivity index (χ1v) is 9.96. The summed E-state index contributed by atoms with van der Waals surface area (Å²) in [4.78, 5) is 16.6. The van der Waals surface area contributed by atoms with E-state index in [9.17, 15) is 9.18 Å². The van der Waals surface area contributed by atoms with Crippen LogP contribution in [0.15, 0.2) is 42.5 Å². The predicted octanol–water partition coefficient (Wildman–Crippen LogP) is 3.93. The summed E-state index contributed by atoms with van der Waals surface area (Å²) in [5, 5.41) is 8.98. The normalized spacial score (nSPS) is 16.1. The fraction of sp³-hybridized carbons (Fsp3) is 0.391. The number of nitriles is 1. The molecule has 158 valence electrons. The number of amides is 1. The molecule has 2 aromatic rings. The number of halogens is 1. The second-order valence-corrected chi connectivity index (χ2v) is 7.14. The Balaban J connectivity index is 1.84. The van der Waals surface area contributed by atoms with Crippen molar-refractivity contribution >= 4 is 11.6 Å². The molecule has 1 saturated heterocycles. The number of ether oxygens (including phenoxy) is 2. The van der Waals surface area contributed by atoms with Crippen LogP contribution in [0.25, 0.3) is 0 Å². The first kappa shape index (κ1) is 21.6. The number of carbonyl (C=O) groups excluding carboxylic acids is 1. The van der Waals surface area contributed by atoms with E-state index in [1.807, 2.05) is 24.3 Å². The summed E-state index contributed by atoms with van der Waals surface area (Å²) in [6, 6.07) is 13.8. The summed E-state index contributed by atoms with van der Waals surface area (Å²) in [6.07, 6.45) is 1.96. The average Bonchev–Trinajstić information content (AvgIpc) is 3.22. The molecule has 3 rings (SSSR count). The highest BCUT2D eigenvalue weighted by atomic mass is 19.1. The van der Waals surface area contributed by atoms with Gasteiger partial charge in [0, 0.05) is 18.2 Å². The minimum atomic E-state index is -0.476. The third-order valence-corrected chi connectivity index (χ3v) is 5.39. The molecule has 2 aromatic carbocycles. The van der Waals surface area contributed by atoms with Crippen LogP contribution in [0.3, 0.4) is 0 Å². The third-order valence-electron chi connectivity index (χ3n) is 5.39. The molecule has 1 atom stereocenters. The first-order chi connectivity index (χ1) is 14.6. The van der Waals surface area contributed by atoms with Crippen molar-refractivity contribution in [2.45, 2.75) is 25.3 Å². The van der Waals surface area contributed by atoms with Crippen molar-refractivity contribution in [3.05, 3.63) is 53.8 Å². The Kier molecular flexibility index (Phi) is 7.26. The molecule has 1 unspecified atom stereocenters. The quantitative estimate of drug-likeness (QED) is 0.659. The van der Waals surface area contributed by atoms with Crippen molar-refractivity contribution < 1.29 is 18.7 Å². The number of methoxy groups -OCH3 is 2. The lowest BCUT2D eigenvalue weighted by molar-refractivity contribution is -0.120. The lowest BCUT2D eigenvalue weighted by Crippen LogP contribution is -2.41. The van der Waals surface area contributed by atoms with Crippen molar-refractivity contribution in [1.29, 1.82) is 5.26 Å². The van der Waals surface area contributed by atoms with E-state index in [0.29, 0.717) is 0 Å². The summed E-state index contributed by atoms with van der Waals surface area (Å²) in [5.74, 6) is 0.766. The van der Waals surface area contributed by atoms with Crippen molar-refractivity contribution in [2.24, 2.45) is 0 Å². The first-order valence-electron chi connectivity index (χ1n) is 9.96. The minimum absolute atomic E-state index is 0.00237. The van der Waals surface area contributed by atoms with Gasteiger partial charge in [-0.3, -0.25) is 9.69 Å². The van der Waals surface area contributed by atoms with Crippen LogP contribution in [0.2, 0.25) is 0 Å². The Hall–Kier alpha value is -3.11. The number of rotatable bonds is 8. The Morgan fingerprint density at radius 2 is 2.07 bits per heavy atom. The second kappa shape index (κ2) is 10.1. The lowest BCUT2D eigenvalue weighted by atomic mass is 10.0. The fourth-order valence-corrected chi connectivity index (χ4v) is 3.94. The monoisotopic (exact) mass is 411 g/mol. The van der Waals surface area contributed by atoms with E-state index < -0.39 is 5.82 Å². The van der Waals surface area contributed by atoms with E-state index in [-0.39, 0.29) is 37.1 Å². The van der Waals surface area contributed by atoms with Crippen molar-refractivity contribution in [3.63, 3.8) is 0 Å².